The molecule has 0 spiro atoms. The monoisotopic (exact) mass is 264 g/mol. The summed E-state index contributed by atoms with van der Waals surface area (Å²) in [5.41, 5.74) is 0.194. The van der Waals surface area contributed by atoms with Crippen molar-refractivity contribution in [1.29, 1.82) is 0 Å². The van der Waals surface area contributed by atoms with E-state index in [9.17, 15) is 23.1 Å². The zero-order valence-electron chi connectivity index (χ0n) is 9.96. The quantitative estimate of drug-likeness (QED) is 0.627. The second kappa shape index (κ2) is 3.98. The zero-order valence-corrected chi connectivity index (χ0v) is 9.96. The Morgan fingerprint density at radius 1 is 1.44 bits per heavy atom. The summed E-state index contributed by atoms with van der Waals surface area (Å²) in [4.78, 5) is 11.2. The molecule has 2 fully saturated rings. The van der Waals surface area contributed by atoms with Crippen LogP contribution in [0.15, 0.2) is 12.2 Å². The van der Waals surface area contributed by atoms with Crippen molar-refractivity contribution in [2.75, 3.05) is 6.61 Å². The van der Waals surface area contributed by atoms with E-state index in [1.807, 2.05) is 0 Å². The second-order valence-electron chi connectivity index (χ2n) is 5.21. The van der Waals surface area contributed by atoms with Crippen molar-refractivity contribution < 1.29 is 27.8 Å². The maximum Gasteiger partial charge on any atom is 0.333 e. The molecule has 4 unspecified atom stereocenters. The van der Waals surface area contributed by atoms with Gasteiger partial charge in [-0.3, -0.25) is 0 Å². The van der Waals surface area contributed by atoms with Gasteiger partial charge in [-0.1, -0.05) is 6.58 Å². The standard InChI is InChI=1S/C12H15F3O3/c1-6(2)10(16)18-5-7-3-8-4-9(7)12(15,17)11(8,13)14/h7-9,17H,1,3-5H2,2H3. The molecule has 0 aromatic carbocycles. The number of fused-ring (bicyclic) bond motifs is 2. The predicted molar refractivity (Wildman–Crippen MR) is 56.5 cm³/mol. The Balaban J connectivity index is 2.00. The largest absolute Gasteiger partial charge is 0.462 e. The topological polar surface area (TPSA) is 46.5 Å². The molecule has 0 aliphatic heterocycles. The Hall–Kier alpha value is -1.04. The van der Waals surface area contributed by atoms with E-state index in [-0.39, 0.29) is 25.0 Å². The summed E-state index contributed by atoms with van der Waals surface area (Å²) in [7, 11) is 0. The number of esters is 1. The molecule has 18 heavy (non-hydrogen) atoms. The Morgan fingerprint density at radius 2 is 2.06 bits per heavy atom. The first-order valence-corrected chi connectivity index (χ1v) is 5.79. The maximum atomic E-state index is 13.7. The first kappa shape index (κ1) is 13.4. The molecule has 2 aliphatic carbocycles. The molecule has 1 N–H and O–H groups in total. The van der Waals surface area contributed by atoms with Crippen LogP contribution in [-0.2, 0) is 9.53 Å². The predicted octanol–water partition coefficient (Wildman–Crippen LogP) is 2.06. The summed E-state index contributed by atoms with van der Waals surface area (Å²) >= 11 is 0. The number of ether oxygens (including phenoxy) is 1. The van der Waals surface area contributed by atoms with Gasteiger partial charge in [0.1, 0.15) is 0 Å². The number of alkyl halides is 3. The average molecular weight is 264 g/mol. The third kappa shape index (κ3) is 1.74. The molecule has 0 aromatic heterocycles. The van der Waals surface area contributed by atoms with E-state index in [0.717, 1.165) is 0 Å². The van der Waals surface area contributed by atoms with Crippen molar-refractivity contribution in [2.45, 2.75) is 31.5 Å². The van der Waals surface area contributed by atoms with Crippen LogP contribution in [0.1, 0.15) is 19.8 Å². The summed E-state index contributed by atoms with van der Waals surface area (Å²) in [6, 6.07) is 0. The van der Waals surface area contributed by atoms with Crippen molar-refractivity contribution in [3.63, 3.8) is 0 Å². The van der Waals surface area contributed by atoms with Gasteiger partial charge in [-0.2, -0.15) is 8.78 Å². The normalized spacial score (nSPS) is 40.8. The number of carbonyl (C=O) groups is 1. The van der Waals surface area contributed by atoms with Crippen LogP contribution in [0.25, 0.3) is 0 Å². The summed E-state index contributed by atoms with van der Waals surface area (Å²) in [5, 5.41) is 9.28. The van der Waals surface area contributed by atoms with E-state index in [1.54, 1.807) is 0 Å². The van der Waals surface area contributed by atoms with Gasteiger partial charge >= 0.3 is 11.9 Å². The van der Waals surface area contributed by atoms with Crippen molar-refractivity contribution >= 4 is 5.97 Å². The van der Waals surface area contributed by atoms with Gasteiger partial charge < -0.3 is 9.84 Å². The molecule has 2 bridgehead atoms. The SMILES string of the molecule is C=C(C)C(=O)OCC1CC2CC1C(O)(F)C2(F)F. The lowest BCUT2D eigenvalue weighted by atomic mass is 9.83. The lowest BCUT2D eigenvalue weighted by molar-refractivity contribution is -0.286. The molecule has 3 nitrogen and oxygen atoms in total. The molecule has 0 amide bonds. The van der Waals surface area contributed by atoms with Crippen LogP contribution in [0, 0.1) is 17.8 Å². The third-order valence-corrected chi connectivity index (χ3v) is 3.94. The van der Waals surface area contributed by atoms with Crippen molar-refractivity contribution in [3.05, 3.63) is 12.2 Å². The van der Waals surface area contributed by atoms with Crippen LogP contribution in [-0.4, -0.2) is 29.5 Å². The fourth-order valence-corrected chi connectivity index (χ4v) is 2.91. The van der Waals surface area contributed by atoms with E-state index in [1.165, 1.54) is 6.92 Å². The number of hydrogen-bond donors (Lipinski definition) is 1. The summed E-state index contributed by atoms with van der Waals surface area (Å²) in [6.07, 6.45) is -0.0113. The molecule has 2 saturated carbocycles. The van der Waals surface area contributed by atoms with Crippen LogP contribution in [0.4, 0.5) is 13.2 Å². The van der Waals surface area contributed by atoms with Gasteiger partial charge in [-0.25, -0.2) is 9.18 Å². The molecule has 4 atom stereocenters. The Morgan fingerprint density at radius 3 is 2.50 bits per heavy atom. The van der Waals surface area contributed by atoms with E-state index in [2.05, 4.69) is 6.58 Å². The van der Waals surface area contributed by atoms with Gasteiger partial charge in [0.05, 0.1) is 6.61 Å². The minimum Gasteiger partial charge on any atom is -0.462 e. The molecule has 0 saturated heterocycles. The van der Waals surface area contributed by atoms with Crippen molar-refractivity contribution in [2.24, 2.45) is 17.8 Å². The first-order valence-electron chi connectivity index (χ1n) is 5.79. The maximum absolute atomic E-state index is 13.7. The fraction of sp³-hybridized carbons (Fsp3) is 0.750. The summed E-state index contributed by atoms with van der Waals surface area (Å²) in [5.74, 6) is -10.7. The third-order valence-electron chi connectivity index (χ3n) is 3.94. The number of carbonyl (C=O) groups excluding carboxylic acids is 1. The molecule has 0 heterocycles. The summed E-state index contributed by atoms with van der Waals surface area (Å²) in [6.45, 7) is 4.69. The van der Waals surface area contributed by atoms with E-state index in [0.29, 0.717) is 0 Å². The highest BCUT2D eigenvalue weighted by molar-refractivity contribution is 5.86. The van der Waals surface area contributed by atoms with Crippen LogP contribution in [0.5, 0.6) is 0 Å². The molecule has 0 radical (unpaired) electrons. The highest BCUT2D eigenvalue weighted by Gasteiger charge is 2.74. The minimum absolute atomic E-state index is 0.0629. The zero-order chi connectivity index (χ0) is 13.7. The van der Waals surface area contributed by atoms with Gasteiger partial charge in [-0.05, 0) is 19.8 Å². The number of halogens is 3. The van der Waals surface area contributed by atoms with Gasteiger partial charge in [0.2, 0.25) is 0 Å². The van der Waals surface area contributed by atoms with E-state index in [4.69, 9.17) is 4.74 Å². The van der Waals surface area contributed by atoms with E-state index < -0.39 is 35.5 Å². The average Bonchev–Trinajstić information content (AvgIpc) is 2.75. The lowest BCUT2D eigenvalue weighted by Crippen LogP contribution is -2.52. The van der Waals surface area contributed by atoms with Crippen LogP contribution >= 0.6 is 0 Å². The lowest BCUT2D eigenvalue weighted by Gasteiger charge is -2.36. The van der Waals surface area contributed by atoms with Gasteiger partial charge in [0, 0.05) is 23.3 Å². The summed E-state index contributed by atoms with van der Waals surface area (Å²) < 4.78 is 45.2. The van der Waals surface area contributed by atoms with Gasteiger partial charge in [-0.15, -0.1) is 0 Å². The van der Waals surface area contributed by atoms with Crippen molar-refractivity contribution in [1.82, 2.24) is 0 Å². The molecular formula is C12H15F3O3. The van der Waals surface area contributed by atoms with Crippen LogP contribution in [0.3, 0.4) is 0 Å². The highest BCUT2D eigenvalue weighted by atomic mass is 19.3. The molecule has 0 aromatic rings. The number of rotatable bonds is 3. The second-order valence-corrected chi connectivity index (χ2v) is 5.21. The van der Waals surface area contributed by atoms with Gasteiger partial charge in [0.25, 0.3) is 5.85 Å². The smallest absolute Gasteiger partial charge is 0.333 e. The molecule has 2 rings (SSSR count). The van der Waals surface area contributed by atoms with Crippen LogP contribution < -0.4 is 0 Å². The molecule has 2 aliphatic rings. The van der Waals surface area contributed by atoms with Crippen LogP contribution in [0.2, 0.25) is 0 Å². The Bertz CT molecular complexity index is 392. The number of aliphatic hydroxyl groups is 1. The highest BCUT2D eigenvalue weighted by Crippen LogP contribution is 2.62. The van der Waals surface area contributed by atoms with Gasteiger partial charge in [0.15, 0.2) is 0 Å². The molecule has 6 heteroatoms. The Kier molecular flexibility index (Phi) is 2.96. The molecular weight excluding hydrogens is 249 g/mol. The molecule has 102 valence electrons. The number of hydrogen-bond acceptors (Lipinski definition) is 3. The Labute approximate surface area is 103 Å². The van der Waals surface area contributed by atoms with Crippen molar-refractivity contribution in [3.8, 4) is 0 Å². The fourth-order valence-electron chi connectivity index (χ4n) is 2.91. The minimum atomic E-state index is -3.70. The van der Waals surface area contributed by atoms with E-state index >= 15 is 0 Å². The first-order chi connectivity index (χ1) is 8.18.